The predicted molar refractivity (Wildman–Crippen MR) is 91.7 cm³/mol. The fourth-order valence-electron chi connectivity index (χ4n) is 2.49. The Morgan fingerprint density at radius 3 is 2.76 bits per heavy atom. The van der Waals surface area contributed by atoms with Gasteiger partial charge in [0.2, 0.25) is 15.7 Å². The highest BCUT2D eigenvalue weighted by atomic mass is 32.2. The van der Waals surface area contributed by atoms with Crippen LogP contribution < -0.4 is 4.74 Å². The van der Waals surface area contributed by atoms with Gasteiger partial charge in [0.15, 0.2) is 0 Å². The van der Waals surface area contributed by atoms with Crippen LogP contribution in [0.2, 0.25) is 0 Å². The molecule has 2 heterocycles. The lowest BCUT2D eigenvalue weighted by Gasteiger charge is -2.15. The number of aromatic nitrogens is 2. The number of benzene rings is 1. The minimum Gasteiger partial charge on any atom is -0.471 e. The first-order valence-corrected chi connectivity index (χ1v) is 9.20. The Morgan fingerprint density at radius 1 is 1.24 bits per heavy atom. The molecule has 0 radical (unpaired) electrons. The van der Waals surface area contributed by atoms with Gasteiger partial charge in [0.1, 0.15) is 12.2 Å². The second-order valence-electron chi connectivity index (χ2n) is 5.47. The number of hydrogen-bond acceptors (Lipinski definition) is 6. The number of ether oxygens (including phenoxy) is 1. The molecule has 1 saturated heterocycles. The van der Waals surface area contributed by atoms with Gasteiger partial charge >= 0.3 is 0 Å². The van der Waals surface area contributed by atoms with Gasteiger partial charge in [-0.25, -0.2) is 18.4 Å². The van der Waals surface area contributed by atoms with Crippen molar-refractivity contribution in [1.82, 2.24) is 14.3 Å². The van der Waals surface area contributed by atoms with E-state index in [1.807, 2.05) is 36.4 Å². The van der Waals surface area contributed by atoms with Crippen molar-refractivity contribution in [3.8, 4) is 11.9 Å². The molecule has 1 atom stereocenters. The van der Waals surface area contributed by atoms with Crippen molar-refractivity contribution in [3.05, 3.63) is 59.4 Å². The minimum atomic E-state index is -3.53. The molecule has 8 heteroatoms. The lowest BCUT2D eigenvalue weighted by Crippen LogP contribution is -2.29. The van der Waals surface area contributed by atoms with Gasteiger partial charge in [-0.1, -0.05) is 30.3 Å². The van der Waals surface area contributed by atoms with Gasteiger partial charge in [0, 0.05) is 24.3 Å². The van der Waals surface area contributed by atoms with Gasteiger partial charge in [-0.2, -0.15) is 9.57 Å². The van der Waals surface area contributed by atoms with Gasteiger partial charge in [-0.05, 0) is 18.1 Å². The molecule has 1 aliphatic rings. The van der Waals surface area contributed by atoms with Crippen LogP contribution in [0, 0.1) is 11.3 Å². The van der Waals surface area contributed by atoms with Gasteiger partial charge in [-0.3, -0.25) is 0 Å². The summed E-state index contributed by atoms with van der Waals surface area (Å²) in [5, 5.41) is 10.2. The summed E-state index contributed by atoms with van der Waals surface area (Å²) in [4.78, 5) is 7.87. The van der Waals surface area contributed by atoms with E-state index in [4.69, 9.17) is 10.00 Å². The van der Waals surface area contributed by atoms with Crippen molar-refractivity contribution >= 4 is 16.1 Å². The van der Waals surface area contributed by atoms with Gasteiger partial charge in [-0.15, -0.1) is 0 Å². The Kier molecular flexibility index (Phi) is 5.07. The van der Waals surface area contributed by atoms with E-state index in [2.05, 4.69) is 9.97 Å². The number of sulfonamides is 1. The third kappa shape index (κ3) is 4.21. The van der Waals surface area contributed by atoms with Crippen molar-refractivity contribution in [2.45, 2.75) is 12.5 Å². The first-order chi connectivity index (χ1) is 12.1. The summed E-state index contributed by atoms with van der Waals surface area (Å²) in [6, 6.07) is 11.1. The smallest absolute Gasteiger partial charge is 0.251 e. The number of rotatable bonds is 5. The second kappa shape index (κ2) is 7.42. The molecule has 1 fully saturated rings. The van der Waals surface area contributed by atoms with Gasteiger partial charge in [0.05, 0.1) is 6.54 Å². The third-order valence-electron chi connectivity index (χ3n) is 3.75. The van der Waals surface area contributed by atoms with E-state index in [1.54, 1.807) is 6.08 Å². The van der Waals surface area contributed by atoms with Crippen LogP contribution >= 0.6 is 0 Å². The highest BCUT2D eigenvalue weighted by molar-refractivity contribution is 7.92. The molecular formula is C17H16N4O3S. The monoisotopic (exact) mass is 356 g/mol. The van der Waals surface area contributed by atoms with Crippen molar-refractivity contribution < 1.29 is 13.2 Å². The molecule has 7 nitrogen and oxygen atoms in total. The first-order valence-electron chi connectivity index (χ1n) is 7.69. The van der Waals surface area contributed by atoms with E-state index in [1.165, 1.54) is 22.1 Å². The third-order valence-corrected chi connectivity index (χ3v) is 5.28. The van der Waals surface area contributed by atoms with E-state index in [-0.39, 0.29) is 24.2 Å². The molecular weight excluding hydrogens is 340 g/mol. The van der Waals surface area contributed by atoms with Crippen molar-refractivity contribution in [1.29, 1.82) is 5.26 Å². The van der Waals surface area contributed by atoms with Crippen LogP contribution in [-0.4, -0.2) is 41.9 Å². The van der Waals surface area contributed by atoms with E-state index < -0.39 is 10.0 Å². The molecule has 128 valence electrons. The van der Waals surface area contributed by atoms with Crippen LogP contribution in [0.4, 0.5) is 0 Å². The van der Waals surface area contributed by atoms with E-state index in [0.29, 0.717) is 13.0 Å². The molecule has 2 aromatic rings. The fraction of sp³-hybridized carbons (Fsp3) is 0.235. The second-order valence-corrected chi connectivity index (χ2v) is 7.29. The maximum atomic E-state index is 12.4. The lowest BCUT2D eigenvalue weighted by atomic mass is 10.2. The first kappa shape index (κ1) is 17.1. The molecule has 0 saturated carbocycles. The van der Waals surface area contributed by atoms with Crippen LogP contribution in [-0.2, 0) is 10.0 Å². The SMILES string of the molecule is N#Cc1nccnc1OC1CCN(S(=O)(=O)/C=C/c2ccccc2)C1. The molecule has 1 aromatic carbocycles. The quantitative estimate of drug-likeness (QED) is 0.810. The Labute approximate surface area is 146 Å². The summed E-state index contributed by atoms with van der Waals surface area (Å²) in [5.74, 6) is 0.133. The molecule has 0 N–H and O–H groups in total. The number of nitrogens with zero attached hydrogens (tertiary/aromatic N) is 4. The molecule has 25 heavy (non-hydrogen) atoms. The summed E-state index contributed by atoms with van der Waals surface area (Å²) < 4.78 is 31.9. The standard InChI is InChI=1S/C17H16N4O3S/c18-12-16-17(20-9-8-19-16)24-15-6-10-21(13-15)25(22,23)11-7-14-4-2-1-3-5-14/h1-5,7-9,11,15H,6,10,13H2/b11-7+. The molecule has 1 aromatic heterocycles. The van der Waals surface area contributed by atoms with Crippen LogP contribution in [0.3, 0.4) is 0 Å². The maximum absolute atomic E-state index is 12.4. The van der Waals surface area contributed by atoms with E-state index >= 15 is 0 Å². The molecule has 0 spiro atoms. The van der Waals surface area contributed by atoms with E-state index in [0.717, 1.165) is 5.56 Å². The maximum Gasteiger partial charge on any atom is 0.251 e. The molecule has 3 rings (SSSR count). The molecule has 1 unspecified atom stereocenters. The predicted octanol–water partition coefficient (Wildman–Crippen LogP) is 1.80. The molecule has 1 aliphatic heterocycles. The highest BCUT2D eigenvalue weighted by Crippen LogP contribution is 2.21. The normalized spacial score (nSPS) is 18.3. The zero-order chi connectivity index (χ0) is 17.7. The summed E-state index contributed by atoms with van der Waals surface area (Å²) in [6.07, 6.45) is 4.58. The van der Waals surface area contributed by atoms with Crippen LogP contribution in [0.5, 0.6) is 5.88 Å². The van der Waals surface area contributed by atoms with Crippen molar-refractivity contribution in [3.63, 3.8) is 0 Å². The zero-order valence-corrected chi connectivity index (χ0v) is 14.1. The summed E-state index contributed by atoms with van der Waals surface area (Å²) in [7, 11) is -3.53. The van der Waals surface area contributed by atoms with Gasteiger partial charge in [0.25, 0.3) is 5.88 Å². The lowest BCUT2D eigenvalue weighted by molar-refractivity contribution is 0.205. The van der Waals surface area contributed by atoms with Crippen LogP contribution in [0.1, 0.15) is 17.7 Å². The Hall–Kier alpha value is -2.76. The number of nitriles is 1. The Morgan fingerprint density at radius 2 is 2.00 bits per heavy atom. The highest BCUT2D eigenvalue weighted by Gasteiger charge is 2.31. The van der Waals surface area contributed by atoms with Crippen LogP contribution in [0.25, 0.3) is 6.08 Å². The summed E-state index contributed by atoms with van der Waals surface area (Å²) >= 11 is 0. The van der Waals surface area contributed by atoms with Gasteiger partial charge < -0.3 is 4.74 Å². The van der Waals surface area contributed by atoms with E-state index in [9.17, 15) is 8.42 Å². The number of hydrogen-bond donors (Lipinski definition) is 0. The fourth-order valence-corrected chi connectivity index (χ4v) is 3.72. The van der Waals surface area contributed by atoms with Crippen LogP contribution in [0.15, 0.2) is 48.1 Å². The summed E-state index contributed by atoms with van der Waals surface area (Å²) in [5.41, 5.74) is 0.907. The molecule has 0 aliphatic carbocycles. The minimum absolute atomic E-state index is 0.0905. The van der Waals surface area contributed by atoms with Crippen molar-refractivity contribution in [2.75, 3.05) is 13.1 Å². The van der Waals surface area contributed by atoms with Crippen molar-refractivity contribution in [2.24, 2.45) is 0 Å². The largest absolute Gasteiger partial charge is 0.471 e. The average Bonchev–Trinajstić information content (AvgIpc) is 3.11. The Bertz CT molecular complexity index is 907. The topological polar surface area (TPSA) is 96.2 Å². The average molecular weight is 356 g/mol. The Balaban J connectivity index is 1.66. The molecule has 0 amide bonds. The molecule has 0 bridgehead atoms. The summed E-state index contributed by atoms with van der Waals surface area (Å²) in [6.45, 7) is 0.567. The zero-order valence-electron chi connectivity index (χ0n) is 13.3.